The number of nitrogens with zero attached hydrogens (tertiary/aromatic N) is 3. The van der Waals surface area contributed by atoms with Crippen molar-refractivity contribution in [2.45, 2.75) is 6.42 Å². The van der Waals surface area contributed by atoms with E-state index in [1.54, 1.807) is 23.2 Å². The van der Waals surface area contributed by atoms with Gasteiger partial charge in [0, 0.05) is 30.4 Å². The number of aliphatic hydroxyl groups excluding tert-OH is 1. The van der Waals surface area contributed by atoms with E-state index in [1.165, 1.54) is 24.3 Å². The average molecular weight is 430 g/mol. The summed E-state index contributed by atoms with van der Waals surface area (Å²) >= 11 is 5.30. The van der Waals surface area contributed by atoms with Gasteiger partial charge < -0.3 is 15.7 Å². The maximum atomic E-state index is 11.2. The number of nitro benzene ring substituents is 1. The Kier molecular flexibility index (Phi) is 7.72. The highest BCUT2D eigenvalue weighted by Crippen LogP contribution is 2.22. The van der Waals surface area contributed by atoms with E-state index in [9.17, 15) is 20.2 Å². The first-order valence-electron chi connectivity index (χ1n) is 8.55. The Morgan fingerprint density at radius 2 is 1.90 bits per heavy atom. The van der Waals surface area contributed by atoms with Gasteiger partial charge in [-0.3, -0.25) is 30.7 Å². The normalized spacial score (nSPS) is 14.5. The number of hydrazine groups is 1. The Balaban J connectivity index is 0.00000101. The summed E-state index contributed by atoms with van der Waals surface area (Å²) in [5.41, 5.74) is 5.01. The highest BCUT2D eigenvalue weighted by Gasteiger charge is 2.24. The van der Waals surface area contributed by atoms with Crippen LogP contribution in [-0.4, -0.2) is 38.2 Å². The van der Waals surface area contributed by atoms with Crippen molar-refractivity contribution < 1.29 is 15.0 Å². The number of rotatable bonds is 4. The van der Waals surface area contributed by atoms with Gasteiger partial charge >= 0.3 is 0 Å². The van der Waals surface area contributed by atoms with Crippen LogP contribution in [0.4, 0.5) is 11.4 Å². The molecular formula is C18H18N6O5S. The van der Waals surface area contributed by atoms with E-state index >= 15 is 0 Å². The first-order valence-corrected chi connectivity index (χ1v) is 8.96. The Hall–Kier alpha value is -4.11. The van der Waals surface area contributed by atoms with Gasteiger partial charge in [0.2, 0.25) is 0 Å². The largest absolute Gasteiger partial charge is 0.462 e. The van der Waals surface area contributed by atoms with Gasteiger partial charge in [0.05, 0.1) is 27.8 Å². The Morgan fingerprint density at radius 1 is 1.23 bits per heavy atom. The maximum absolute atomic E-state index is 11.2. The van der Waals surface area contributed by atoms with Crippen LogP contribution in [0.5, 0.6) is 0 Å². The molecule has 3 rings (SSSR count). The molecule has 1 aromatic rings. The monoisotopic (exact) mass is 430 g/mol. The second-order valence-electron chi connectivity index (χ2n) is 5.85. The third-order valence-electron chi connectivity index (χ3n) is 3.93. The lowest BCUT2D eigenvalue weighted by molar-refractivity contribution is -0.419. The summed E-state index contributed by atoms with van der Waals surface area (Å²) in [6.07, 6.45) is 10.8. The SMILES string of the molecule is C#CO.O=[N+]([O-])C1=CCC=C2NCCN(NC(=S)Nc3ccc([N+](=O)[O-])cc3)C2=C1. The van der Waals surface area contributed by atoms with Gasteiger partial charge in [-0.2, -0.15) is 0 Å². The van der Waals surface area contributed by atoms with Crippen LogP contribution in [0.25, 0.3) is 0 Å². The Labute approximate surface area is 177 Å². The smallest absolute Gasteiger partial charge is 0.269 e. The first-order chi connectivity index (χ1) is 14.3. The number of anilines is 1. The molecule has 0 spiro atoms. The van der Waals surface area contributed by atoms with Gasteiger partial charge in [-0.1, -0.05) is 12.5 Å². The number of hydrogen-bond acceptors (Lipinski definition) is 8. The lowest BCUT2D eigenvalue weighted by atomic mass is 10.2. The van der Waals surface area contributed by atoms with E-state index in [0.717, 1.165) is 5.70 Å². The van der Waals surface area contributed by atoms with E-state index < -0.39 is 9.85 Å². The van der Waals surface area contributed by atoms with Crippen LogP contribution in [0.1, 0.15) is 6.42 Å². The van der Waals surface area contributed by atoms with Crippen LogP contribution in [0.2, 0.25) is 0 Å². The fourth-order valence-electron chi connectivity index (χ4n) is 2.68. The number of nitrogens with one attached hydrogen (secondary N) is 3. The molecule has 1 aliphatic carbocycles. The van der Waals surface area contributed by atoms with Crippen LogP contribution >= 0.6 is 12.2 Å². The van der Waals surface area contributed by atoms with Gasteiger partial charge in [-0.05, 0) is 36.8 Å². The summed E-state index contributed by atoms with van der Waals surface area (Å²) < 4.78 is 0. The average Bonchev–Trinajstić information content (AvgIpc) is 2.92. The fourth-order valence-corrected chi connectivity index (χ4v) is 2.91. The molecule has 2 aliphatic rings. The first kappa shape index (κ1) is 22.2. The molecule has 1 aliphatic heterocycles. The van der Waals surface area contributed by atoms with E-state index in [2.05, 4.69) is 22.5 Å². The molecule has 0 aromatic heterocycles. The molecule has 0 unspecified atom stereocenters. The minimum absolute atomic E-state index is 0.0148. The van der Waals surface area contributed by atoms with Gasteiger partial charge in [0.15, 0.2) is 5.11 Å². The number of thiocarbonyl (C=S) groups is 1. The van der Waals surface area contributed by atoms with Crippen molar-refractivity contribution >= 4 is 28.7 Å². The number of allylic oxidation sites excluding steroid dienone is 3. The lowest BCUT2D eigenvalue weighted by Crippen LogP contribution is -2.50. The Morgan fingerprint density at radius 3 is 2.50 bits per heavy atom. The molecule has 4 N–H and O–H groups in total. The molecule has 1 aromatic carbocycles. The zero-order valence-electron chi connectivity index (χ0n) is 15.6. The topological polar surface area (TPSA) is 146 Å². The zero-order valence-corrected chi connectivity index (χ0v) is 16.4. The molecule has 0 radical (unpaired) electrons. The third kappa shape index (κ3) is 5.94. The molecule has 12 heteroatoms. The molecule has 30 heavy (non-hydrogen) atoms. The van der Waals surface area contributed by atoms with Gasteiger partial charge in [-0.15, -0.1) is 0 Å². The lowest BCUT2D eigenvalue weighted by Gasteiger charge is -2.34. The molecule has 0 amide bonds. The second kappa shape index (κ2) is 10.4. The molecule has 0 bridgehead atoms. The molecule has 11 nitrogen and oxygen atoms in total. The molecular weight excluding hydrogens is 412 g/mol. The van der Waals surface area contributed by atoms with Crippen molar-refractivity contribution in [2.24, 2.45) is 0 Å². The van der Waals surface area contributed by atoms with Crippen LogP contribution in [0.15, 0.2) is 59.6 Å². The fraction of sp³-hybridized carbons (Fsp3) is 0.167. The minimum Gasteiger partial charge on any atom is -0.462 e. The number of fused-ring (bicyclic) bond motifs is 1. The summed E-state index contributed by atoms with van der Waals surface area (Å²) in [5, 5.41) is 37.1. The molecule has 1 saturated heterocycles. The van der Waals surface area contributed by atoms with Gasteiger partial charge in [0.1, 0.15) is 6.11 Å². The van der Waals surface area contributed by atoms with Crippen LogP contribution in [-0.2, 0) is 0 Å². The van der Waals surface area contributed by atoms with E-state index in [0.29, 0.717) is 30.9 Å². The molecule has 156 valence electrons. The summed E-state index contributed by atoms with van der Waals surface area (Å²) in [7, 11) is 0. The highest BCUT2D eigenvalue weighted by atomic mass is 32.1. The number of hydrogen-bond donors (Lipinski definition) is 4. The second-order valence-corrected chi connectivity index (χ2v) is 6.25. The summed E-state index contributed by atoms with van der Waals surface area (Å²) in [5.74, 6) is 0. The number of piperazine rings is 1. The minimum atomic E-state index is -0.478. The van der Waals surface area contributed by atoms with Crippen molar-refractivity contribution in [1.82, 2.24) is 15.8 Å². The van der Waals surface area contributed by atoms with Crippen molar-refractivity contribution in [3.63, 3.8) is 0 Å². The number of terminal acetylenes is 1. The summed E-state index contributed by atoms with van der Waals surface area (Å²) in [4.78, 5) is 21.0. The standard InChI is InChI=1S/C16H16N6O4S.C2H2O/c23-21(24)12-6-4-11(5-7-12)18-16(27)19-20-9-8-17-14-3-1-2-13(22(25)26)10-15(14)20;1-2-3/h2-7,10,17H,1,8-9H2,(H2,18,19,27);1,3H. The van der Waals surface area contributed by atoms with E-state index in [-0.39, 0.29) is 16.5 Å². The number of benzene rings is 1. The van der Waals surface area contributed by atoms with E-state index in [1.807, 2.05) is 6.08 Å². The molecule has 0 atom stereocenters. The summed E-state index contributed by atoms with van der Waals surface area (Å²) in [6.45, 7) is 1.18. The van der Waals surface area contributed by atoms with Crippen LogP contribution in [0, 0.1) is 32.8 Å². The Bertz CT molecular complexity index is 964. The molecule has 1 heterocycles. The molecule has 0 saturated carbocycles. The van der Waals surface area contributed by atoms with E-state index in [4.69, 9.17) is 17.3 Å². The quantitative estimate of drug-likeness (QED) is 0.242. The van der Waals surface area contributed by atoms with Crippen molar-refractivity contribution in [3.8, 4) is 12.5 Å². The van der Waals surface area contributed by atoms with Crippen molar-refractivity contribution in [2.75, 3.05) is 18.4 Å². The third-order valence-corrected chi connectivity index (χ3v) is 4.13. The van der Waals surface area contributed by atoms with Gasteiger partial charge in [-0.25, -0.2) is 0 Å². The zero-order chi connectivity index (χ0) is 22.1. The number of nitro groups is 2. The number of aliphatic hydroxyl groups is 1. The predicted octanol–water partition coefficient (Wildman–Crippen LogP) is 1.98. The van der Waals surface area contributed by atoms with Gasteiger partial charge in [0.25, 0.3) is 11.4 Å². The van der Waals surface area contributed by atoms with Crippen LogP contribution in [0.3, 0.4) is 0 Å². The summed E-state index contributed by atoms with van der Waals surface area (Å²) in [6, 6.07) is 5.85. The van der Waals surface area contributed by atoms with Crippen LogP contribution < -0.4 is 16.1 Å². The van der Waals surface area contributed by atoms with Crippen molar-refractivity contribution in [3.05, 3.63) is 79.8 Å². The number of non-ortho nitro benzene ring substituents is 1. The highest BCUT2D eigenvalue weighted by molar-refractivity contribution is 7.80. The van der Waals surface area contributed by atoms with Crippen molar-refractivity contribution in [1.29, 1.82) is 0 Å². The maximum Gasteiger partial charge on any atom is 0.269 e. The predicted molar refractivity (Wildman–Crippen MR) is 114 cm³/mol. The molecule has 1 fully saturated rings.